The third-order valence-corrected chi connectivity index (χ3v) is 3.68. The lowest BCUT2D eigenvalue weighted by molar-refractivity contribution is 0.0696. The van der Waals surface area contributed by atoms with E-state index in [1.807, 2.05) is 0 Å². The minimum atomic E-state index is -0.981. The molecule has 0 amide bonds. The van der Waals surface area contributed by atoms with Crippen LogP contribution < -0.4 is 10.1 Å². The van der Waals surface area contributed by atoms with Crippen LogP contribution in [0.15, 0.2) is 46.9 Å². The molecule has 0 heterocycles. The Kier molecular flexibility index (Phi) is 5.16. The average molecular weight is 364 g/mol. The van der Waals surface area contributed by atoms with Crippen LogP contribution in [0, 0.1) is 0 Å². The van der Waals surface area contributed by atoms with Crippen molar-refractivity contribution >= 4 is 33.4 Å². The van der Waals surface area contributed by atoms with Crippen LogP contribution in [0.4, 0.5) is 5.69 Å². The number of ether oxygens (including phenoxy) is 1. The van der Waals surface area contributed by atoms with E-state index in [0.29, 0.717) is 21.5 Å². The predicted molar refractivity (Wildman–Crippen MR) is 86.9 cm³/mol. The molecule has 114 valence electrons. The van der Waals surface area contributed by atoms with Gasteiger partial charge in [-0.3, -0.25) is 4.79 Å². The Morgan fingerprint density at radius 1 is 1.14 bits per heavy atom. The van der Waals surface area contributed by atoms with Crippen molar-refractivity contribution in [2.24, 2.45) is 0 Å². The first-order chi connectivity index (χ1) is 10.5. The maximum Gasteiger partial charge on any atom is 0.335 e. The number of carbonyl (C=O) groups excluding carboxylic acids is 1. The maximum absolute atomic E-state index is 12.1. The van der Waals surface area contributed by atoms with Crippen LogP contribution >= 0.6 is 15.9 Å². The van der Waals surface area contributed by atoms with Crippen LogP contribution in [-0.4, -0.2) is 30.5 Å². The number of hydrogen-bond donors (Lipinski definition) is 2. The molecule has 2 aromatic carbocycles. The number of benzene rings is 2. The van der Waals surface area contributed by atoms with E-state index in [2.05, 4.69) is 21.2 Å². The SMILES string of the molecule is COc1ccc(C(=O)CNc2ccc(C(=O)O)cc2)cc1Br. The van der Waals surface area contributed by atoms with Gasteiger partial charge in [-0.1, -0.05) is 0 Å². The summed E-state index contributed by atoms with van der Waals surface area (Å²) in [5, 5.41) is 11.8. The first-order valence-corrected chi connectivity index (χ1v) is 7.24. The van der Waals surface area contributed by atoms with Crippen LogP contribution in [0.3, 0.4) is 0 Å². The van der Waals surface area contributed by atoms with E-state index in [1.54, 1.807) is 37.4 Å². The molecule has 0 aliphatic rings. The van der Waals surface area contributed by atoms with Crippen molar-refractivity contribution < 1.29 is 19.4 Å². The fourth-order valence-electron chi connectivity index (χ4n) is 1.85. The van der Waals surface area contributed by atoms with E-state index in [9.17, 15) is 9.59 Å². The van der Waals surface area contributed by atoms with Crippen molar-refractivity contribution in [1.82, 2.24) is 0 Å². The summed E-state index contributed by atoms with van der Waals surface area (Å²) in [6.07, 6.45) is 0. The molecule has 0 spiro atoms. The highest BCUT2D eigenvalue weighted by Crippen LogP contribution is 2.25. The first-order valence-electron chi connectivity index (χ1n) is 6.45. The van der Waals surface area contributed by atoms with E-state index < -0.39 is 5.97 Å². The van der Waals surface area contributed by atoms with Crippen molar-refractivity contribution in [3.63, 3.8) is 0 Å². The van der Waals surface area contributed by atoms with Gasteiger partial charge in [-0.2, -0.15) is 0 Å². The predicted octanol–water partition coefficient (Wildman–Crippen LogP) is 3.45. The first kappa shape index (κ1) is 16.0. The number of nitrogens with one attached hydrogen (secondary N) is 1. The Balaban J connectivity index is 2.00. The van der Waals surface area contributed by atoms with Gasteiger partial charge in [0.25, 0.3) is 0 Å². The van der Waals surface area contributed by atoms with E-state index in [0.717, 1.165) is 0 Å². The third-order valence-electron chi connectivity index (χ3n) is 3.06. The number of Topliss-reactive ketones (excluding diaryl/α,β-unsaturated/α-hetero) is 1. The molecule has 0 unspecified atom stereocenters. The second kappa shape index (κ2) is 7.09. The molecule has 2 N–H and O–H groups in total. The highest BCUT2D eigenvalue weighted by atomic mass is 79.9. The molecular formula is C16H14BrNO4. The summed E-state index contributed by atoms with van der Waals surface area (Å²) in [5.41, 5.74) is 1.45. The number of anilines is 1. The number of hydrogen-bond acceptors (Lipinski definition) is 4. The maximum atomic E-state index is 12.1. The van der Waals surface area contributed by atoms with E-state index in [4.69, 9.17) is 9.84 Å². The zero-order chi connectivity index (χ0) is 16.1. The minimum absolute atomic E-state index is 0.0781. The molecule has 22 heavy (non-hydrogen) atoms. The molecule has 0 aliphatic heterocycles. The number of methoxy groups -OCH3 is 1. The summed E-state index contributed by atoms with van der Waals surface area (Å²) in [6, 6.07) is 11.3. The molecule has 2 aromatic rings. The lowest BCUT2D eigenvalue weighted by Crippen LogP contribution is -2.14. The Hall–Kier alpha value is -2.34. The van der Waals surface area contributed by atoms with Crippen LogP contribution in [0.25, 0.3) is 0 Å². The summed E-state index contributed by atoms with van der Waals surface area (Å²) >= 11 is 3.34. The van der Waals surface area contributed by atoms with E-state index >= 15 is 0 Å². The molecule has 6 heteroatoms. The monoisotopic (exact) mass is 363 g/mol. The van der Waals surface area contributed by atoms with Crippen LogP contribution in [0.5, 0.6) is 5.75 Å². The largest absolute Gasteiger partial charge is 0.496 e. The van der Waals surface area contributed by atoms with Gasteiger partial charge in [-0.15, -0.1) is 0 Å². The van der Waals surface area contributed by atoms with Crippen molar-refractivity contribution in [3.8, 4) is 5.75 Å². The van der Waals surface area contributed by atoms with Crippen LogP contribution in [-0.2, 0) is 0 Å². The standard InChI is InChI=1S/C16H14BrNO4/c1-22-15-7-4-11(8-13(15)17)14(19)9-18-12-5-2-10(3-6-12)16(20)21/h2-8,18H,9H2,1H3,(H,20,21). The fraction of sp³-hybridized carbons (Fsp3) is 0.125. The number of carboxylic acid groups (broad SMARTS) is 1. The van der Waals surface area contributed by atoms with Gasteiger partial charge in [0, 0.05) is 11.3 Å². The van der Waals surface area contributed by atoms with Crippen LogP contribution in [0.2, 0.25) is 0 Å². The van der Waals surface area contributed by atoms with E-state index in [1.165, 1.54) is 12.1 Å². The van der Waals surface area contributed by atoms with Gasteiger partial charge >= 0.3 is 5.97 Å². The smallest absolute Gasteiger partial charge is 0.335 e. The van der Waals surface area contributed by atoms with Crippen molar-refractivity contribution in [3.05, 3.63) is 58.1 Å². The van der Waals surface area contributed by atoms with Crippen molar-refractivity contribution in [1.29, 1.82) is 0 Å². The molecule has 0 bridgehead atoms. The van der Waals surface area contributed by atoms with Gasteiger partial charge in [0.1, 0.15) is 5.75 Å². The van der Waals surface area contributed by atoms with Gasteiger partial charge in [0.15, 0.2) is 5.78 Å². The summed E-state index contributed by atoms with van der Waals surface area (Å²) in [7, 11) is 1.56. The summed E-state index contributed by atoms with van der Waals surface area (Å²) in [5.74, 6) is -0.398. The molecule has 0 atom stereocenters. The lowest BCUT2D eigenvalue weighted by Gasteiger charge is -2.08. The second-order valence-corrected chi connectivity index (χ2v) is 5.36. The second-order valence-electron chi connectivity index (χ2n) is 4.51. The zero-order valence-electron chi connectivity index (χ0n) is 11.8. The molecule has 0 saturated heterocycles. The Labute approximate surface area is 136 Å². The van der Waals surface area contributed by atoms with Crippen LogP contribution in [0.1, 0.15) is 20.7 Å². The summed E-state index contributed by atoms with van der Waals surface area (Å²) in [6.45, 7) is 0.116. The molecule has 0 aliphatic carbocycles. The molecule has 0 fully saturated rings. The molecule has 0 saturated carbocycles. The zero-order valence-corrected chi connectivity index (χ0v) is 13.4. The highest BCUT2D eigenvalue weighted by molar-refractivity contribution is 9.10. The highest BCUT2D eigenvalue weighted by Gasteiger charge is 2.09. The normalized spacial score (nSPS) is 10.1. The van der Waals surface area contributed by atoms with Gasteiger partial charge in [0.2, 0.25) is 0 Å². The fourth-order valence-corrected chi connectivity index (χ4v) is 2.40. The Bertz CT molecular complexity index is 698. The number of halogens is 1. The molecule has 2 rings (SSSR count). The quantitative estimate of drug-likeness (QED) is 0.768. The average Bonchev–Trinajstić information content (AvgIpc) is 2.52. The lowest BCUT2D eigenvalue weighted by atomic mass is 10.1. The number of aromatic carboxylic acids is 1. The van der Waals surface area contributed by atoms with Gasteiger partial charge in [-0.25, -0.2) is 4.79 Å². The molecule has 5 nitrogen and oxygen atoms in total. The summed E-state index contributed by atoms with van der Waals surface area (Å²) < 4.78 is 5.83. The number of carbonyl (C=O) groups is 2. The molecular weight excluding hydrogens is 350 g/mol. The third kappa shape index (κ3) is 3.85. The molecule has 0 radical (unpaired) electrons. The van der Waals surface area contributed by atoms with Gasteiger partial charge < -0.3 is 15.2 Å². The van der Waals surface area contributed by atoms with Crippen molar-refractivity contribution in [2.75, 3.05) is 19.0 Å². The minimum Gasteiger partial charge on any atom is -0.496 e. The summed E-state index contributed by atoms with van der Waals surface area (Å²) in [4.78, 5) is 22.9. The Morgan fingerprint density at radius 2 is 1.77 bits per heavy atom. The van der Waals surface area contributed by atoms with Crippen molar-refractivity contribution in [2.45, 2.75) is 0 Å². The Morgan fingerprint density at radius 3 is 2.32 bits per heavy atom. The number of ketones is 1. The van der Waals surface area contributed by atoms with E-state index in [-0.39, 0.29) is 17.9 Å². The number of carboxylic acids is 1. The van der Waals surface area contributed by atoms with Gasteiger partial charge in [-0.05, 0) is 58.4 Å². The molecule has 0 aromatic heterocycles. The number of rotatable bonds is 6. The van der Waals surface area contributed by atoms with Gasteiger partial charge in [0.05, 0.1) is 23.7 Å². The topological polar surface area (TPSA) is 75.6 Å².